The number of carbonyl (C=O) groups is 1. The van der Waals surface area contributed by atoms with Gasteiger partial charge in [0.1, 0.15) is 5.56 Å². The van der Waals surface area contributed by atoms with Crippen LogP contribution in [0.4, 0.5) is 0 Å². The lowest BCUT2D eigenvalue weighted by molar-refractivity contribution is 0.0791. The zero-order chi connectivity index (χ0) is 13.2. The number of allylic oxidation sites excluding steroid dienone is 4. The fourth-order valence-corrected chi connectivity index (χ4v) is 2.74. The van der Waals surface area contributed by atoms with Gasteiger partial charge in [0, 0.05) is 23.7 Å². The average Bonchev–Trinajstić information content (AvgIpc) is 3.09. The van der Waals surface area contributed by atoms with Gasteiger partial charge in [-0.15, -0.1) is 0 Å². The summed E-state index contributed by atoms with van der Waals surface area (Å²) in [5.74, 6) is 0.541. The van der Waals surface area contributed by atoms with Gasteiger partial charge in [-0.25, -0.2) is 0 Å². The lowest BCUT2D eigenvalue weighted by Crippen LogP contribution is -2.27. The lowest BCUT2D eigenvalue weighted by atomic mass is 10.0. The Bertz CT molecular complexity index is 554. The second-order valence-corrected chi connectivity index (χ2v) is 5.34. The van der Waals surface area contributed by atoms with E-state index in [2.05, 4.69) is 5.16 Å². The van der Waals surface area contributed by atoms with Crippen LogP contribution in [0.2, 0.25) is 0 Å². The Labute approximate surface area is 116 Å². The predicted octanol–water partition coefficient (Wildman–Crippen LogP) is 3.21. The minimum absolute atomic E-state index is 0.00439. The van der Waals surface area contributed by atoms with Crippen LogP contribution in [0.1, 0.15) is 41.8 Å². The zero-order valence-corrected chi connectivity index (χ0v) is 11.3. The SMILES string of the molecule is O=C(c1cnoc1C1=CCCC(Cl)=C1)N1CCCC1. The molecule has 0 atom stereocenters. The highest BCUT2D eigenvalue weighted by Gasteiger charge is 2.26. The first-order valence-corrected chi connectivity index (χ1v) is 6.94. The molecule has 1 aliphatic carbocycles. The molecule has 1 aromatic rings. The van der Waals surface area contributed by atoms with E-state index in [4.69, 9.17) is 16.1 Å². The highest BCUT2D eigenvalue weighted by Crippen LogP contribution is 2.30. The van der Waals surface area contributed by atoms with Crippen molar-refractivity contribution in [2.24, 2.45) is 0 Å². The van der Waals surface area contributed by atoms with Crippen LogP contribution in [0.3, 0.4) is 0 Å². The number of rotatable bonds is 2. The minimum atomic E-state index is 0.00439. The molecule has 1 fully saturated rings. The standard InChI is InChI=1S/C14H15ClN2O2/c15-11-5-3-4-10(8-11)13-12(9-16-19-13)14(18)17-6-1-2-7-17/h4,8-9H,1-3,5-7H2. The largest absolute Gasteiger partial charge is 0.355 e. The molecule has 3 rings (SSSR count). The topological polar surface area (TPSA) is 46.3 Å². The molecule has 100 valence electrons. The van der Waals surface area contributed by atoms with E-state index in [9.17, 15) is 4.79 Å². The molecule has 0 N–H and O–H groups in total. The highest BCUT2D eigenvalue weighted by atomic mass is 35.5. The summed E-state index contributed by atoms with van der Waals surface area (Å²) in [5, 5.41) is 4.56. The molecule has 0 unspecified atom stereocenters. The summed E-state index contributed by atoms with van der Waals surface area (Å²) in [7, 11) is 0. The molecule has 5 heteroatoms. The normalized spacial score (nSPS) is 19.3. The number of likely N-dealkylation sites (tertiary alicyclic amines) is 1. The van der Waals surface area contributed by atoms with Crippen LogP contribution in [0.25, 0.3) is 5.57 Å². The van der Waals surface area contributed by atoms with Crippen LogP contribution < -0.4 is 0 Å². The third-order valence-electron chi connectivity index (χ3n) is 3.52. The summed E-state index contributed by atoms with van der Waals surface area (Å²) in [6.07, 6.45) is 9.24. The first-order chi connectivity index (χ1) is 9.25. The summed E-state index contributed by atoms with van der Waals surface area (Å²) in [4.78, 5) is 14.3. The fraction of sp³-hybridized carbons (Fsp3) is 0.429. The van der Waals surface area contributed by atoms with Crippen LogP contribution in [0, 0.1) is 0 Å². The quantitative estimate of drug-likeness (QED) is 0.834. The van der Waals surface area contributed by atoms with Gasteiger partial charge in [-0.2, -0.15) is 0 Å². The van der Waals surface area contributed by atoms with Crippen LogP contribution in [-0.2, 0) is 0 Å². The van der Waals surface area contributed by atoms with Crippen LogP contribution in [-0.4, -0.2) is 29.1 Å². The molecule has 19 heavy (non-hydrogen) atoms. The molecule has 0 radical (unpaired) electrons. The molecule has 1 amide bonds. The van der Waals surface area contributed by atoms with E-state index in [1.807, 2.05) is 17.1 Å². The van der Waals surface area contributed by atoms with E-state index < -0.39 is 0 Å². The van der Waals surface area contributed by atoms with E-state index in [-0.39, 0.29) is 5.91 Å². The number of nitrogens with zero attached hydrogens (tertiary/aromatic N) is 2. The van der Waals surface area contributed by atoms with Crippen LogP contribution in [0.15, 0.2) is 27.9 Å². The number of carbonyl (C=O) groups excluding carboxylic acids is 1. The van der Waals surface area contributed by atoms with Crippen LogP contribution >= 0.6 is 11.6 Å². The van der Waals surface area contributed by atoms with Gasteiger partial charge in [-0.3, -0.25) is 4.79 Å². The Morgan fingerprint density at radius 1 is 1.37 bits per heavy atom. The van der Waals surface area contributed by atoms with Gasteiger partial charge in [0.05, 0.1) is 6.20 Å². The molecule has 4 nitrogen and oxygen atoms in total. The number of amides is 1. The van der Waals surface area contributed by atoms with E-state index in [1.165, 1.54) is 6.20 Å². The van der Waals surface area contributed by atoms with E-state index >= 15 is 0 Å². The summed E-state index contributed by atoms with van der Waals surface area (Å²) < 4.78 is 5.26. The molecule has 1 saturated heterocycles. The minimum Gasteiger partial charge on any atom is -0.355 e. The van der Waals surface area contributed by atoms with E-state index in [1.54, 1.807) is 0 Å². The third-order valence-corrected chi connectivity index (χ3v) is 3.81. The van der Waals surface area contributed by atoms with Gasteiger partial charge < -0.3 is 9.42 Å². The molecule has 2 aliphatic rings. The van der Waals surface area contributed by atoms with Crippen LogP contribution in [0.5, 0.6) is 0 Å². The Morgan fingerprint density at radius 3 is 2.89 bits per heavy atom. The maximum atomic E-state index is 12.4. The van der Waals surface area contributed by atoms with Crippen molar-refractivity contribution >= 4 is 23.1 Å². The van der Waals surface area contributed by atoms with Crippen molar-refractivity contribution in [1.29, 1.82) is 0 Å². The van der Waals surface area contributed by atoms with Crippen molar-refractivity contribution in [3.63, 3.8) is 0 Å². The van der Waals surface area contributed by atoms with Gasteiger partial charge in [-0.1, -0.05) is 22.8 Å². The Kier molecular flexibility index (Phi) is 3.42. The van der Waals surface area contributed by atoms with Crippen molar-refractivity contribution in [1.82, 2.24) is 10.1 Å². The second kappa shape index (κ2) is 5.21. The Balaban J connectivity index is 1.90. The summed E-state index contributed by atoms with van der Waals surface area (Å²) in [6.45, 7) is 1.64. The monoisotopic (exact) mass is 278 g/mol. The molecule has 0 saturated carbocycles. The highest BCUT2D eigenvalue weighted by molar-refractivity contribution is 6.30. The van der Waals surface area contributed by atoms with E-state index in [0.29, 0.717) is 11.3 Å². The number of hydrogen-bond donors (Lipinski definition) is 0. The fourth-order valence-electron chi connectivity index (χ4n) is 2.51. The molecule has 2 heterocycles. The molecular weight excluding hydrogens is 264 g/mol. The smallest absolute Gasteiger partial charge is 0.259 e. The average molecular weight is 279 g/mol. The van der Waals surface area contributed by atoms with Crippen molar-refractivity contribution in [3.8, 4) is 0 Å². The molecule has 0 bridgehead atoms. The van der Waals surface area contributed by atoms with Gasteiger partial charge in [0.2, 0.25) is 0 Å². The van der Waals surface area contributed by atoms with Gasteiger partial charge in [-0.05, 0) is 31.8 Å². The van der Waals surface area contributed by atoms with Gasteiger partial charge in [0.25, 0.3) is 5.91 Å². The van der Waals surface area contributed by atoms with Crippen molar-refractivity contribution in [2.45, 2.75) is 25.7 Å². The molecule has 0 spiro atoms. The second-order valence-electron chi connectivity index (χ2n) is 4.86. The number of aromatic nitrogens is 1. The van der Waals surface area contributed by atoms with Gasteiger partial charge >= 0.3 is 0 Å². The number of halogens is 1. The first-order valence-electron chi connectivity index (χ1n) is 6.56. The first kappa shape index (κ1) is 12.5. The molecular formula is C14H15ClN2O2. The van der Waals surface area contributed by atoms with E-state index in [0.717, 1.165) is 49.4 Å². The maximum Gasteiger partial charge on any atom is 0.259 e. The summed E-state index contributed by atoms with van der Waals surface area (Å²) in [6, 6.07) is 0. The summed E-state index contributed by atoms with van der Waals surface area (Å²) >= 11 is 6.05. The predicted molar refractivity (Wildman–Crippen MR) is 72.8 cm³/mol. The summed E-state index contributed by atoms with van der Waals surface area (Å²) in [5.41, 5.74) is 1.40. The zero-order valence-electron chi connectivity index (χ0n) is 10.6. The Hall–Kier alpha value is -1.55. The maximum absolute atomic E-state index is 12.4. The number of hydrogen-bond acceptors (Lipinski definition) is 3. The lowest BCUT2D eigenvalue weighted by Gasteiger charge is -2.15. The molecule has 0 aromatic carbocycles. The van der Waals surface area contributed by atoms with Crippen molar-refractivity contribution in [3.05, 3.63) is 34.7 Å². The third kappa shape index (κ3) is 2.45. The van der Waals surface area contributed by atoms with Crippen molar-refractivity contribution < 1.29 is 9.32 Å². The molecule has 1 aliphatic heterocycles. The molecule has 1 aromatic heterocycles. The van der Waals surface area contributed by atoms with Gasteiger partial charge in [0.15, 0.2) is 5.76 Å². The van der Waals surface area contributed by atoms with Crippen molar-refractivity contribution in [2.75, 3.05) is 13.1 Å². The Morgan fingerprint density at radius 2 is 2.16 bits per heavy atom.